The van der Waals surface area contributed by atoms with Gasteiger partial charge in [0.25, 0.3) is 0 Å². The van der Waals surface area contributed by atoms with Gasteiger partial charge in [-0.2, -0.15) is 0 Å². The van der Waals surface area contributed by atoms with E-state index in [0.29, 0.717) is 6.42 Å². The van der Waals surface area contributed by atoms with Crippen molar-refractivity contribution >= 4 is 5.78 Å². The third-order valence-corrected chi connectivity index (χ3v) is 3.54. The molecule has 0 atom stereocenters. The summed E-state index contributed by atoms with van der Waals surface area (Å²) in [5.74, 6) is 0.269. The molecule has 0 amide bonds. The van der Waals surface area contributed by atoms with Crippen LogP contribution in [0.1, 0.15) is 31.2 Å². The van der Waals surface area contributed by atoms with Crippen molar-refractivity contribution in [1.29, 1.82) is 0 Å². The molecule has 1 aliphatic carbocycles. The number of benzene rings is 1. The molecule has 0 spiro atoms. The summed E-state index contributed by atoms with van der Waals surface area (Å²) in [6, 6.07) is 10.1. The van der Waals surface area contributed by atoms with Gasteiger partial charge in [-0.25, -0.2) is 0 Å². The van der Waals surface area contributed by atoms with Crippen LogP contribution >= 0.6 is 0 Å². The van der Waals surface area contributed by atoms with E-state index in [-0.39, 0.29) is 5.78 Å². The normalized spacial score (nSPS) is 17.8. The fraction of sp³-hybridized carbons (Fsp3) is 0.500. The van der Waals surface area contributed by atoms with Gasteiger partial charge < -0.3 is 4.74 Å². The lowest BCUT2D eigenvalue weighted by Crippen LogP contribution is -2.47. The van der Waals surface area contributed by atoms with Gasteiger partial charge in [0.15, 0.2) is 5.78 Å². The van der Waals surface area contributed by atoms with E-state index in [4.69, 9.17) is 4.74 Å². The van der Waals surface area contributed by atoms with Crippen LogP contribution in [0.5, 0.6) is 0 Å². The van der Waals surface area contributed by atoms with E-state index in [1.807, 2.05) is 18.2 Å². The molecular formula is C14H18O2. The number of ether oxygens (including phenoxy) is 1. The maximum atomic E-state index is 12.0. The summed E-state index contributed by atoms with van der Waals surface area (Å²) < 4.78 is 5.37. The summed E-state index contributed by atoms with van der Waals surface area (Å²) in [4.78, 5) is 12.0. The Morgan fingerprint density at radius 1 is 1.31 bits per heavy atom. The first-order valence-corrected chi connectivity index (χ1v) is 5.89. The number of hydrogen-bond donors (Lipinski definition) is 0. The van der Waals surface area contributed by atoms with E-state index in [9.17, 15) is 4.79 Å². The molecule has 0 aromatic heterocycles. The van der Waals surface area contributed by atoms with E-state index in [0.717, 1.165) is 25.7 Å². The molecule has 0 heterocycles. The molecule has 0 saturated heterocycles. The average Bonchev–Trinajstić information content (AvgIpc) is 2.27. The van der Waals surface area contributed by atoms with Gasteiger partial charge >= 0.3 is 0 Å². The highest BCUT2D eigenvalue weighted by Crippen LogP contribution is 2.36. The Morgan fingerprint density at radius 3 is 2.50 bits per heavy atom. The fourth-order valence-electron chi connectivity index (χ4n) is 2.23. The van der Waals surface area contributed by atoms with Gasteiger partial charge in [-0.1, -0.05) is 30.3 Å². The number of ketones is 1. The lowest BCUT2D eigenvalue weighted by atomic mass is 9.75. The van der Waals surface area contributed by atoms with Crippen molar-refractivity contribution < 1.29 is 9.53 Å². The Balaban J connectivity index is 1.89. The second-order valence-corrected chi connectivity index (χ2v) is 4.46. The second-order valence-electron chi connectivity index (χ2n) is 4.46. The molecule has 2 nitrogen and oxygen atoms in total. The highest BCUT2D eigenvalue weighted by molar-refractivity contribution is 5.88. The zero-order valence-electron chi connectivity index (χ0n) is 9.74. The van der Waals surface area contributed by atoms with Crippen LogP contribution < -0.4 is 0 Å². The smallest absolute Gasteiger partial charge is 0.164 e. The molecule has 1 saturated carbocycles. The molecule has 0 unspecified atom stereocenters. The lowest BCUT2D eigenvalue weighted by Gasteiger charge is -2.38. The van der Waals surface area contributed by atoms with Crippen molar-refractivity contribution in [2.45, 2.75) is 37.7 Å². The molecule has 1 aliphatic rings. The third-order valence-electron chi connectivity index (χ3n) is 3.54. The highest BCUT2D eigenvalue weighted by Gasteiger charge is 2.43. The number of carbonyl (C=O) groups is 1. The highest BCUT2D eigenvalue weighted by atomic mass is 16.5. The van der Waals surface area contributed by atoms with E-state index in [1.54, 1.807) is 7.11 Å². The first-order valence-electron chi connectivity index (χ1n) is 5.89. The summed E-state index contributed by atoms with van der Waals surface area (Å²) in [6.45, 7) is 0. The van der Waals surface area contributed by atoms with Gasteiger partial charge in [-0.15, -0.1) is 0 Å². The Bertz CT molecular complexity index is 347. The number of carbonyl (C=O) groups excluding carboxylic acids is 1. The van der Waals surface area contributed by atoms with Crippen LogP contribution in [0.2, 0.25) is 0 Å². The molecule has 0 aliphatic heterocycles. The van der Waals surface area contributed by atoms with Crippen molar-refractivity contribution in [2.75, 3.05) is 7.11 Å². The number of aryl methyl sites for hydroxylation is 1. The largest absolute Gasteiger partial charge is 0.370 e. The van der Waals surface area contributed by atoms with Crippen molar-refractivity contribution in [1.82, 2.24) is 0 Å². The molecule has 16 heavy (non-hydrogen) atoms. The van der Waals surface area contributed by atoms with Gasteiger partial charge in [0.05, 0.1) is 0 Å². The number of hydrogen-bond acceptors (Lipinski definition) is 2. The Morgan fingerprint density at radius 2 is 2.00 bits per heavy atom. The summed E-state index contributed by atoms with van der Waals surface area (Å²) in [5.41, 5.74) is 0.788. The van der Waals surface area contributed by atoms with Crippen molar-refractivity contribution in [3.05, 3.63) is 35.9 Å². The van der Waals surface area contributed by atoms with Crippen LogP contribution in [-0.2, 0) is 16.0 Å². The molecule has 2 heteroatoms. The summed E-state index contributed by atoms with van der Waals surface area (Å²) in [5, 5.41) is 0. The molecule has 1 aromatic carbocycles. The van der Waals surface area contributed by atoms with Crippen LogP contribution in [0.4, 0.5) is 0 Å². The quantitative estimate of drug-likeness (QED) is 0.759. The summed E-state index contributed by atoms with van der Waals surface area (Å²) >= 11 is 0. The molecule has 86 valence electrons. The predicted molar refractivity (Wildman–Crippen MR) is 63.4 cm³/mol. The molecule has 0 bridgehead atoms. The van der Waals surface area contributed by atoms with Gasteiger partial charge in [-0.3, -0.25) is 4.79 Å². The summed E-state index contributed by atoms with van der Waals surface area (Å²) in [7, 11) is 1.65. The van der Waals surface area contributed by atoms with Crippen LogP contribution in [-0.4, -0.2) is 18.5 Å². The van der Waals surface area contributed by atoms with E-state index in [2.05, 4.69) is 12.1 Å². The van der Waals surface area contributed by atoms with Crippen molar-refractivity contribution in [3.63, 3.8) is 0 Å². The molecule has 1 aromatic rings. The van der Waals surface area contributed by atoms with Crippen LogP contribution in [0.15, 0.2) is 30.3 Å². The Kier molecular flexibility index (Phi) is 3.39. The van der Waals surface area contributed by atoms with Gasteiger partial charge in [-0.05, 0) is 31.2 Å². The average molecular weight is 218 g/mol. The minimum Gasteiger partial charge on any atom is -0.370 e. The maximum absolute atomic E-state index is 12.0. The zero-order chi connectivity index (χ0) is 11.4. The van der Waals surface area contributed by atoms with Crippen LogP contribution in [0.25, 0.3) is 0 Å². The molecule has 1 fully saturated rings. The summed E-state index contributed by atoms with van der Waals surface area (Å²) in [6.07, 6.45) is 4.34. The SMILES string of the molecule is COC1(C(=O)CCc2ccccc2)CCC1. The predicted octanol–water partition coefficient (Wildman–Crippen LogP) is 2.76. The zero-order valence-corrected chi connectivity index (χ0v) is 9.74. The number of Topliss-reactive ketones (excluding diaryl/α,β-unsaturated/α-hetero) is 1. The number of methoxy groups -OCH3 is 1. The van der Waals surface area contributed by atoms with E-state index < -0.39 is 5.60 Å². The van der Waals surface area contributed by atoms with Crippen LogP contribution in [0.3, 0.4) is 0 Å². The minimum absolute atomic E-state index is 0.269. The first-order chi connectivity index (χ1) is 7.77. The third kappa shape index (κ3) is 2.17. The Labute approximate surface area is 96.6 Å². The van der Waals surface area contributed by atoms with Gasteiger partial charge in [0.2, 0.25) is 0 Å². The molecule has 2 rings (SSSR count). The molecule has 0 radical (unpaired) electrons. The molecule has 0 N–H and O–H groups in total. The van der Waals surface area contributed by atoms with E-state index >= 15 is 0 Å². The van der Waals surface area contributed by atoms with E-state index in [1.165, 1.54) is 5.56 Å². The topological polar surface area (TPSA) is 26.3 Å². The fourth-order valence-corrected chi connectivity index (χ4v) is 2.23. The second kappa shape index (κ2) is 4.79. The Hall–Kier alpha value is -1.15. The monoisotopic (exact) mass is 218 g/mol. The lowest BCUT2D eigenvalue weighted by molar-refractivity contribution is -0.151. The van der Waals surface area contributed by atoms with Crippen molar-refractivity contribution in [2.24, 2.45) is 0 Å². The van der Waals surface area contributed by atoms with Crippen LogP contribution in [0, 0.1) is 0 Å². The number of rotatable bonds is 5. The van der Waals surface area contributed by atoms with Gasteiger partial charge in [0.1, 0.15) is 5.60 Å². The first kappa shape index (κ1) is 11.3. The van der Waals surface area contributed by atoms with Crippen molar-refractivity contribution in [3.8, 4) is 0 Å². The minimum atomic E-state index is -0.436. The van der Waals surface area contributed by atoms with Gasteiger partial charge in [0, 0.05) is 13.5 Å². The molecular weight excluding hydrogens is 200 g/mol. The standard InChI is InChI=1S/C14H18O2/c1-16-14(10-5-11-14)13(15)9-8-12-6-3-2-4-7-12/h2-4,6-7H,5,8-11H2,1H3. The maximum Gasteiger partial charge on any atom is 0.164 e.